The lowest BCUT2D eigenvalue weighted by molar-refractivity contribution is 0.0423. The van der Waals surface area contributed by atoms with E-state index >= 15 is 0 Å². The second-order valence-corrected chi connectivity index (χ2v) is 3.70. The van der Waals surface area contributed by atoms with Crippen LogP contribution in [0.4, 0.5) is 0 Å². The van der Waals surface area contributed by atoms with Crippen LogP contribution in [-0.2, 0) is 9.47 Å². The van der Waals surface area contributed by atoms with Gasteiger partial charge in [-0.15, -0.1) is 0 Å². The molecule has 3 nitrogen and oxygen atoms in total. The van der Waals surface area contributed by atoms with Gasteiger partial charge in [-0.2, -0.15) is 0 Å². The van der Waals surface area contributed by atoms with Crippen molar-refractivity contribution in [2.45, 2.75) is 0 Å². The van der Waals surface area contributed by atoms with Crippen molar-refractivity contribution in [3.63, 3.8) is 0 Å². The highest BCUT2D eigenvalue weighted by Crippen LogP contribution is 2.19. The van der Waals surface area contributed by atoms with Crippen molar-refractivity contribution in [3.8, 4) is 0 Å². The Morgan fingerprint density at radius 3 is 2.72 bits per heavy atom. The van der Waals surface area contributed by atoms with Crippen molar-refractivity contribution >= 4 is 16.7 Å². The summed E-state index contributed by atoms with van der Waals surface area (Å²) in [5, 5.41) is 1.92. The van der Waals surface area contributed by atoms with E-state index in [1.807, 2.05) is 36.4 Å². The molecule has 0 saturated heterocycles. The number of rotatable bonds is 5. The second kappa shape index (κ2) is 5.87. The minimum atomic E-state index is -0.334. The van der Waals surface area contributed by atoms with Crippen LogP contribution in [0.3, 0.4) is 0 Å². The monoisotopic (exact) mass is 242 g/mol. The van der Waals surface area contributed by atoms with Crippen LogP contribution in [0.5, 0.6) is 0 Å². The molecule has 0 aliphatic heterocycles. The maximum atomic E-state index is 11.9. The van der Waals surface area contributed by atoms with Gasteiger partial charge in [0.05, 0.1) is 11.8 Å². The maximum absolute atomic E-state index is 11.9. The molecule has 0 fully saturated rings. The Balaban J connectivity index is 2.15. The molecule has 2 rings (SSSR count). The van der Waals surface area contributed by atoms with E-state index in [9.17, 15) is 4.79 Å². The molecule has 0 spiro atoms. The predicted octanol–water partition coefficient (Wildman–Crippen LogP) is 3.16. The Morgan fingerprint density at radius 1 is 1.11 bits per heavy atom. The summed E-state index contributed by atoms with van der Waals surface area (Å²) in [5.74, 6) is -0.334. The number of hydrogen-bond donors (Lipinski definition) is 0. The Hall–Kier alpha value is -2.29. The maximum Gasteiger partial charge on any atom is 0.338 e. The summed E-state index contributed by atoms with van der Waals surface area (Å²) in [5.41, 5.74) is 0.576. The lowest BCUT2D eigenvalue weighted by atomic mass is 10.1. The number of benzene rings is 2. The minimum Gasteiger partial charge on any atom is -0.498 e. The normalized spacial score (nSPS) is 10.0. The Morgan fingerprint density at radius 2 is 1.89 bits per heavy atom. The molecule has 0 N–H and O–H groups in total. The average molecular weight is 242 g/mol. The fourth-order valence-electron chi connectivity index (χ4n) is 1.75. The van der Waals surface area contributed by atoms with Crippen LogP contribution in [0.2, 0.25) is 0 Å². The Labute approximate surface area is 106 Å². The molecular weight excluding hydrogens is 228 g/mol. The van der Waals surface area contributed by atoms with Gasteiger partial charge in [-0.25, -0.2) is 4.79 Å². The molecule has 0 aromatic heterocycles. The van der Waals surface area contributed by atoms with E-state index in [0.29, 0.717) is 12.2 Å². The lowest BCUT2D eigenvalue weighted by Gasteiger charge is -2.07. The zero-order chi connectivity index (χ0) is 12.8. The molecular formula is C15H14O3. The summed E-state index contributed by atoms with van der Waals surface area (Å²) in [6.07, 6.45) is 1.33. The average Bonchev–Trinajstić information content (AvgIpc) is 2.43. The van der Waals surface area contributed by atoms with Crippen LogP contribution in [0.1, 0.15) is 10.4 Å². The highest BCUT2D eigenvalue weighted by Gasteiger charge is 2.10. The Bertz CT molecular complexity index is 555. The van der Waals surface area contributed by atoms with Gasteiger partial charge in [0.1, 0.15) is 13.2 Å². The standard InChI is InChI=1S/C15H14O3/c1-2-17-10-11-18-15(16)14-9-5-7-12-6-3-4-8-13(12)14/h2-9H,1,10-11H2. The summed E-state index contributed by atoms with van der Waals surface area (Å²) in [6.45, 7) is 3.95. The van der Waals surface area contributed by atoms with E-state index in [0.717, 1.165) is 10.8 Å². The molecule has 0 saturated carbocycles. The molecule has 0 aliphatic rings. The molecule has 0 heterocycles. The van der Waals surface area contributed by atoms with Crippen LogP contribution in [0, 0.1) is 0 Å². The van der Waals surface area contributed by atoms with E-state index in [-0.39, 0.29) is 12.6 Å². The lowest BCUT2D eigenvalue weighted by Crippen LogP contribution is -2.10. The van der Waals surface area contributed by atoms with Gasteiger partial charge >= 0.3 is 5.97 Å². The molecule has 0 aliphatic carbocycles. The van der Waals surface area contributed by atoms with Crippen molar-refractivity contribution in [3.05, 3.63) is 60.9 Å². The van der Waals surface area contributed by atoms with Crippen LogP contribution in [0.25, 0.3) is 10.8 Å². The first-order chi connectivity index (χ1) is 8.83. The van der Waals surface area contributed by atoms with Gasteiger partial charge in [-0.3, -0.25) is 0 Å². The molecule has 0 unspecified atom stereocenters. The third kappa shape index (κ3) is 2.69. The van der Waals surface area contributed by atoms with Crippen molar-refractivity contribution in [2.75, 3.05) is 13.2 Å². The molecule has 3 heteroatoms. The summed E-state index contributed by atoms with van der Waals surface area (Å²) < 4.78 is 10.0. The van der Waals surface area contributed by atoms with Gasteiger partial charge in [0.15, 0.2) is 0 Å². The van der Waals surface area contributed by atoms with E-state index in [4.69, 9.17) is 9.47 Å². The SMILES string of the molecule is C=COCCOC(=O)c1cccc2ccccc12. The largest absolute Gasteiger partial charge is 0.498 e. The molecule has 2 aromatic carbocycles. The molecule has 0 radical (unpaired) electrons. The quantitative estimate of drug-likeness (QED) is 0.459. The van der Waals surface area contributed by atoms with Crippen molar-refractivity contribution in [1.82, 2.24) is 0 Å². The molecule has 0 amide bonds. The van der Waals surface area contributed by atoms with Gasteiger partial charge in [-0.05, 0) is 16.8 Å². The smallest absolute Gasteiger partial charge is 0.338 e. The third-order valence-electron chi connectivity index (χ3n) is 2.56. The molecule has 2 aromatic rings. The van der Waals surface area contributed by atoms with Gasteiger partial charge in [0.2, 0.25) is 0 Å². The Kier molecular flexibility index (Phi) is 3.97. The first-order valence-corrected chi connectivity index (χ1v) is 5.70. The molecule has 18 heavy (non-hydrogen) atoms. The first-order valence-electron chi connectivity index (χ1n) is 5.70. The van der Waals surface area contributed by atoms with Crippen LogP contribution >= 0.6 is 0 Å². The van der Waals surface area contributed by atoms with E-state index in [1.54, 1.807) is 6.07 Å². The van der Waals surface area contributed by atoms with Crippen molar-refractivity contribution in [1.29, 1.82) is 0 Å². The van der Waals surface area contributed by atoms with Gasteiger partial charge in [0.25, 0.3) is 0 Å². The predicted molar refractivity (Wildman–Crippen MR) is 70.4 cm³/mol. The fourth-order valence-corrected chi connectivity index (χ4v) is 1.75. The van der Waals surface area contributed by atoms with Gasteiger partial charge in [0, 0.05) is 0 Å². The number of carbonyl (C=O) groups excluding carboxylic acids is 1. The van der Waals surface area contributed by atoms with Crippen LogP contribution < -0.4 is 0 Å². The van der Waals surface area contributed by atoms with Crippen LogP contribution in [-0.4, -0.2) is 19.2 Å². The third-order valence-corrected chi connectivity index (χ3v) is 2.56. The number of fused-ring (bicyclic) bond motifs is 1. The minimum absolute atomic E-state index is 0.216. The topological polar surface area (TPSA) is 35.5 Å². The second-order valence-electron chi connectivity index (χ2n) is 3.70. The zero-order valence-electron chi connectivity index (χ0n) is 9.96. The number of carbonyl (C=O) groups is 1. The zero-order valence-corrected chi connectivity index (χ0v) is 9.96. The number of esters is 1. The molecule has 0 bridgehead atoms. The van der Waals surface area contributed by atoms with Crippen molar-refractivity contribution in [2.24, 2.45) is 0 Å². The van der Waals surface area contributed by atoms with E-state index < -0.39 is 0 Å². The fraction of sp³-hybridized carbons (Fsp3) is 0.133. The summed E-state index contributed by atoms with van der Waals surface area (Å²) in [7, 11) is 0. The number of hydrogen-bond acceptors (Lipinski definition) is 3. The molecule has 92 valence electrons. The highest BCUT2D eigenvalue weighted by molar-refractivity contribution is 6.04. The summed E-state index contributed by atoms with van der Waals surface area (Å²) in [6, 6.07) is 13.3. The summed E-state index contributed by atoms with van der Waals surface area (Å²) in [4.78, 5) is 11.9. The van der Waals surface area contributed by atoms with Crippen LogP contribution in [0.15, 0.2) is 55.3 Å². The summed E-state index contributed by atoms with van der Waals surface area (Å²) >= 11 is 0. The molecule has 0 atom stereocenters. The number of ether oxygens (including phenoxy) is 2. The van der Waals surface area contributed by atoms with Gasteiger partial charge in [-0.1, -0.05) is 43.0 Å². The van der Waals surface area contributed by atoms with Gasteiger partial charge < -0.3 is 9.47 Å². The highest BCUT2D eigenvalue weighted by atomic mass is 16.6. The van der Waals surface area contributed by atoms with E-state index in [1.165, 1.54) is 6.26 Å². The first kappa shape index (κ1) is 12.2. The van der Waals surface area contributed by atoms with E-state index in [2.05, 4.69) is 6.58 Å². The van der Waals surface area contributed by atoms with Crippen molar-refractivity contribution < 1.29 is 14.3 Å².